The summed E-state index contributed by atoms with van der Waals surface area (Å²) in [5.74, 6) is 0. The second-order valence-corrected chi connectivity index (χ2v) is 33.8. The van der Waals surface area contributed by atoms with Crippen LogP contribution in [0.25, 0.3) is 0 Å². The molecule has 0 bridgehead atoms. The first-order chi connectivity index (χ1) is 3.39. The van der Waals surface area contributed by atoms with E-state index < -0.39 is 33.8 Å². The molecule has 0 aromatic heterocycles. The summed E-state index contributed by atoms with van der Waals surface area (Å²) < 4.78 is 15.5. The van der Waals surface area contributed by atoms with Crippen LogP contribution in [-0.2, 0) is 3.07 Å². The Bertz CT molecular complexity index is 52.9. The summed E-state index contributed by atoms with van der Waals surface area (Å²) in [4.78, 5) is 0. The first-order valence-corrected chi connectivity index (χ1v) is 26.1. The van der Waals surface area contributed by atoms with Gasteiger partial charge in [0.2, 0.25) is 0 Å². The second-order valence-electron chi connectivity index (χ2n) is 1.87. The van der Waals surface area contributed by atoms with Gasteiger partial charge in [0.25, 0.3) is 0 Å². The van der Waals surface area contributed by atoms with Crippen LogP contribution in [0.15, 0.2) is 0 Å². The molecule has 7 heavy (non-hydrogen) atoms. The fourth-order valence-corrected chi connectivity index (χ4v) is 22.0. The molecule has 2 nitrogen and oxygen atoms in total. The van der Waals surface area contributed by atoms with Gasteiger partial charge in [0.1, 0.15) is 0 Å². The molecule has 1 N–H and O–H groups in total. The number of rotatable bonds is 0. The quantitative estimate of drug-likeness (QED) is 0.563. The van der Waals surface area contributed by atoms with E-state index in [4.69, 9.17) is 6.52 Å². The Morgan fingerprint density at radius 3 is 2.86 bits per heavy atom. The van der Waals surface area contributed by atoms with Crippen LogP contribution in [0.3, 0.4) is 0 Å². The molecule has 0 aromatic carbocycles. The Hall–Kier alpha value is 1.52. The van der Waals surface area contributed by atoms with E-state index in [9.17, 15) is 0 Å². The predicted molar refractivity (Wildman–Crippen MR) is 33.3 cm³/mol. The van der Waals surface area contributed by atoms with Crippen molar-refractivity contribution in [3.63, 3.8) is 0 Å². The molecule has 0 aliphatic carbocycles. The zero-order chi connectivity index (χ0) is 5.11. The fourth-order valence-electron chi connectivity index (χ4n) is 0.724. The molecule has 4 heteroatoms. The van der Waals surface area contributed by atoms with Crippen LogP contribution in [-0.4, -0.2) is 43.9 Å². The molecule has 0 radical (unpaired) electrons. The average molecular weight is 316 g/mol. The Morgan fingerprint density at radius 2 is 2.57 bits per heavy atom. The maximum absolute atomic E-state index is 9.09. The third-order valence-electron chi connectivity index (χ3n) is 1.14. The van der Waals surface area contributed by atoms with Gasteiger partial charge in [0.15, 0.2) is 0 Å². The van der Waals surface area contributed by atoms with Gasteiger partial charge in [0, 0.05) is 0 Å². The van der Waals surface area contributed by atoms with E-state index >= 15 is 0 Å². The molecule has 1 aliphatic rings. The first kappa shape index (κ1) is 6.63. The summed E-state index contributed by atoms with van der Waals surface area (Å²) in [7, 11) is 0. The van der Waals surface area contributed by atoms with Gasteiger partial charge >= 0.3 is 57.8 Å². The molecule has 1 heterocycles. The van der Waals surface area contributed by atoms with Gasteiger partial charge in [-0.1, -0.05) is 0 Å². The summed E-state index contributed by atoms with van der Waals surface area (Å²) >= 11 is -2.53. The van der Waals surface area contributed by atoms with Gasteiger partial charge in [-0.2, -0.15) is 0 Å². The molecular weight excluding hydrogens is 305 g/mol. The van der Waals surface area contributed by atoms with E-state index in [-0.39, 0.29) is 0 Å². The van der Waals surface area contributed by atoms with Crippen molar-refractivity contribution in [3.05, 3.63) is 0 Å². The van der Waals surface area contributed by atoms with Crippen molar-refractivity contribution in [1.29, 1.82) is 0 Å². The Kier molecular flexibility index (Phi) is 3.34. The molecule has 1 atom stereocenters. The van der Waals surface area contributed by atoms with Crippen LogP contribution < -0.4 is 0 Å². The van der Waals surface area contributed by atoms with E-state index in [1.165, 1.54) is 4.44 Å². The molecule has 0 amide bonds. The van der Waals surface area contributed by atoms with Gasteiger partial charge in [-0.05, 0) is 0 Å². The van der Waals surface area contributed by atoms with E-state index in [0.29, 0.717) is 0 Å². The minimum atomic E-state index is -1.69. The molecule has 1 aliphatic heterocycles. The van der Waals surface area contributed by atoms with E-state index in [0.717, 1.165) is 13.0 Å². The molecule has 1 saturated heterocycles. The molecule has 0 spiro atoms. The first-order valence-electron chi connectivity index (χ1n) is 2.65. The summed E-state index contributed by atoms with van der Waals surface area (Å²) in [6, 6.07) is 0. The Morgan fingerprint density at radius 1 is 1.71 bits per heavy atom. The molecule has 1 unspecified atom stereocenters. The molecule has 0 aromatic rings. The van der Waals surface area contributed by atoms with Crippen molar-refractivity contribution >= 4 is 33.8 Å². The zero-order valence-corrected chi connectivity index (χ0v) is 11.6. The monoisotopic (exact) mass is 318 g/mol. The van der Waals surface area contributed by atoms with Gasteiger partial charge in [-0.3, -0.25) is 0 Å². The van der Waals surface area contributed by atoms with Crippen molar-refractivity contribution in [2.75, 3.05) is 6.61 Å². The number of hydrogen-bond donors (Lipinski definition) is 1. The van der Waals surface area contributed by atoms with Crippen LogP contribution in [0.5, 0.6) is 0 Å². The Labute approximate surface area is 57.4 Å². The zero-order valence-electron chi connectivity index (χ0n) is 4.26. The minimum absolute atomic E-state index is 0.841. The molecular formula is C3H10O2Sn2. The maximum atomic E-state index is 9.09. The molecule has 1 fully saturated rings. The Balaban J connectivity index is 2.12. The van der Waals surface area contributed by atoms with Crippen LogP contribution in [0.2, 0.25) is 4.44 Å². The molecule has 0 saturated carbocycles. The number of hydrogen-bond acceptors (Lipinski definition) is 2. The summed E-state index contributed by atoms with van der Waals surface area (Å²) in [5, 5.41) is 0. The third kappa shape index (κ3) is 2.53. The van der Waals surface area contributed by atoms with Crippen molar-refractivity contribution in [2.24, 2.45) is 0 Å². The normalized spacial score (nSPS) is 36.4. The van der Waals surface area contributed by atoms with Crippen molar-refractivity contribution in [3.8, 4) is 0 Å². The summed E-state index contributed by atoms with van der Waals surface area (Å²) in [5.41, 5.74) is 0. The fraction of sp³-hybridized carbons (Fsp3) is 1.00. The third-order valence-corrected chi connectivity index (χ3v) is 26.5. The summed E-state index contributed by atoms with van der Waals surface area (Å²) in [6.45, 7) is 0.976. The van der Waals surface area contributed by atoms with Crippen LogP contribution in [0.4, 0.5) is 0 Å². The summed E-state index contributed by atoms with van der Waals surface area (Å²) in [6.07, 6.45) is 1.16. The van der Waals surface area contributed by atoms with E-state index in [1.807, 2.05) is 0 Å². The topological polar surface area (TPSA) is 29.5 Å². The van der Waals surface area contributed by atoms with Crippen LogP contribution in [0.1, 0.15) is 6.42 Å². The second kappa shape index (κ2) is 3.53. The van der Waals surface area contributed by atoms with Crippen molar-refractivity contribution in [1.82, 2.24) is 0 Å². The van der Waals surface area contributed by atoms with Crippen molar-refractivity contribution < 1.29 is 6.52 Å². The van der Waals surface area contributed by atoms with E-state index in [2.05, 4.69) is 0 Å². The SMILES string of the molecule is [OH][SnH]1[CH2]CC[O][SnH2]1. The van der Waals surface area contributed by atoms with Crippen LogP contribution >= 0.6 is 0 Å². The van der Waals surface area contributed by atoms with E-state index in [1.54, 1.807) is 0 Å². The molecule has 42 valence electrons. The average Bonchev–Trinajstić information content (AvgIpc) is 1.69. The van der Waals surface area contributed by atoms with Gasteiger partial charge in [-0.15, -0.1) is 0 Å². The molecule has 1 rings (SSSR count). The van der Waals surface area contributed by atoms with Gasteiger partial charge < -0.3 is 0 Å². The van der Waals surface area contributed by atoms with Gasteiger partial charge in [-0.25, -0.2) is 0 Å². The predicted octanol–water partition coefficient (Wildman–Crippen LogP) is -1.30. The van der Waals surface area contributed by atoms with Crippen LogP contribution in [0, 0.1) is 0 Å². The van der Waals surface area contributed by atoms with Crippen molar-refractivity contribution in [2.45, 2.75) is 10.9 Å². The van der Waals surface area contributed by atoms with Gasteiger partial charge in [0.05, 0.1) is 0 Å². The standard InChI is InChI=1S/C3H6O.H2O.2Sn.3H/c1-2-3-4;;;;;;/h1-3H2;1H2;;;;;/q-1;;2*+1;;;/p-1.